The molecule has 1 atom stereocenters. The number of ether oxygens (including phenoxy) is 3. The van der Waals surface area contributed by atoms with Crippen LogP contribution in [-0.4, -0.2) is 64.2 Å². The number of amides is 1. The Hall–Kier alpha value is -7.64. The number of aromatic hydroxyl groups is 1. The molecule has 0 aliphatic rings. The SMILES string of the molecule is CCC(=O)Nc1cc(N=Nc2cc(OCCOC)c(C)cc2S(=O)(=O)OC)c2c(NS(=O)(=O)c3ccc(OS(=O)Nc4ccc(OC[n+]5c(C(C)(C)C)on(-c6ccc(C)cc6C)c5=O)cc4)cc3)cccc2c1O. The molecule has 21 nitrogen and oxygen atoms in total. The molecule has 1 unspecified atom stereocenters. The number of aryl methyl sites for hydroxylation is 3. The standard InChI is InChI=1S/C51H55N7O14S3/c1-10-46(59)52-42-28-41(54-53-40-29-44(69-25-24-67-8)33(4)27-45(40)75(65,66)68-9)47-38(48(42)60)12-11-13-39(47)56-74(63,64)37-21-19-36(20-22-37)72-73(62)55-34-15-17-35(18-16-34)70-30-57-49(51(5,6)7)71-58(50(57)61)43-23-14-31(2)26-32(43)3/h11-23,26-29,55H,10,24-25,30H2,1-9H3,(H2-,52,53,54,56,59,60)/p+1. The molecule has 0 bridgehead atoms. The molecule has 7 rings (SSSR count). The van der Waals surface area contributed by atoms with E-state index in [1.54, 1.807) is 38.1 Å². The van der Waals surface area contributed by atoms with E-state index in [9.17, 15) is 35.7 Å². The monoisotopic (exact) mass is 1090 g/mol. The Morgan fingerprint density at radius 2 is 1.52 bits per heavy atom. The lowest BCUT2D eigenvalue weighted by atomic mass is 9.97. The average Bonchev–Trinajstić information content (AvgIpc) is 3.70. The van der Waals surface area contributed by atoms with Gasteiger partial charge in [-0.25, -0.2) is 8.42 Å². The first-order valence-corrected chi connectivity index (χ1v) is 27.0. The molecule has 24 heteroatoms. The number of phenolic OH excluding ortho intramolecular Hbond substituents is 1. The molecule has 0 aliphatic heterocycles. The molecule has 0 spiro atoms. The molecule has 0 aliphatic carbocycles. The summed E-state index contributed by atoms with van der Waals surface area (Å²) in [5.74, 6) is 0.273. The molecule has 1 amide bonds. The lowest BCUT2D eigenvalue weighted by Crippen LogP contribution is -2.55. The quantitative estimate of drug-likeness (QED) is 0.0172. The summed E-state index contributed by atoms with van der Waals surface area (Å²) < 4.78 is 108. The van der Waals surface area contributed by atoms with Crippen molar-refractivity contribution in [1.82, 2.24) is 4.74 Å². The van der Waals surface area contributed by atoms with Crippen molar-refractivity contribution in [3.63, 3.8) is 0 Å². The number of hydrogen-bond acceptors (Lipinski definition) is 16. The molecule has 1 aromatic heterocycles. The van der Waals surface area contributed by atoms with E-state index in [2.05, 4.69) is 25.0 Å². The van der Waals surface area contributed by atoms with Gasteiger partial charge in [-0.05, 0) is 120 Å². The van der Waals surface area contributed by atoms with E-state index in [0.29, 0.717) is 28.6 Å². The van der Waals surface area contributed by atoms with Crippen LogP contribution in [0, 0.1) is 20.8 Å². The van der Waals surface area contributed by atoms with Gasteiger partial charge in [0, 0.05) is 46.4 Å². The van der Waals surface area contributed by atoms with Crippen molar-refractivity contribution in [3.05, 3.63) is 136 Å². The van der Waals surface area contributed by atoms with E-state index < -0.39 is 54.2 Å². The summed E-state index contributed by atoms with van der Waals surface area (Å²) in [6, 6.07) is 25.4. The molecule has 0 saturated heterocycles. The van der Waals surface area contributed by atoms with E-state index >= 15 is 0 Å². The van der Waals surface area contributed by atoms with Crippen molar-refractivity contribution in [2.24, 2.45) is 10.2 Å². The first kappa shape index (κ1) is 55.1. The van der Waals surface area contributed by atoms with Gasteiger partial charge in [0.15, 0.2) is 5.69 Å². The zero-order chi connectivity index (χ0) is 54.4. The minimum atomic E-state index is -4.41. The van der Waals surface area contributed by atoms with E-state index in [1.165, 1.54) is 77.1 Å². The van der Waals surface area contributed by atoms with Crippen LogP contribution < -0.4 is 38.7 Å². The number of nitrogens with zero attached hydrogens (tertiary/aromatic N) is 4. The largest absolute Gasteiger partial charge is 0.544 e. The summed E-state index contributed by atoms with van der Waals surface area (Å²) >= 11 is -2.15. The first-order valence-electron chi connectivity index (χ1n) is 23.1. The second kappa shape index (κ2) is 22.9. The zero-order valence-electron chi connectivity index (χ0n) is 42.4. The second-order valence-electron chi connectivity index (χ2n) is 17.9. The number of phenols is 1. The Labute approximate surface area is 436 Å². The topological polar surface area (TPSA) is 269 Å². The molecule has 0 fully saturated rings. The third kappa shape index (κ3) is 12.8. The Morgan fingerprint density at radius 3 is 2.17 bits per heavy atom. The van der Waals surface area contributed by atoms with E-state index in [0.717, 1.165) is 18.2 Å². The van der Waals surface area contributed by atoms with Crippen molar-refractivity contribution in [1.29, 1.82) is 0 Å². The number of carbonyl (C=O) groups excluding carboxylic acids is 1. The Morgan fingerprint density at radius 1 is 0.827 bits per heavy atom. The number of fused-ring (bicyclic) bond motifs is 1. The lowest BCUT2D eigenvalue weighted by molar-refractivity contribution is -0.750. The molecule has 1 heterocycles. The number of rotatable bonds is 21. The third-order valence-corrected chi connectivity index (χ3v) is 14.7. The Balaban J connectivity index is 1.08. The van der Waals surface area contributed by atoms with Crippen LogP contribution in [0.25, 0.3) is 16.5 Å². The fourth-order valence-electron chi connectivity index (χ4n) is 7.52. The highest BCUT2D eigenvalue weighted by Crippen LogP contribution is 2.45. The molecule has 4 N–H and O–H groups in total. The number of sulfonamides is 1. The van der Waals surface area contributed by atoms with Crippen LogP contribution in [0.15, 0.2) is 132 Å². The number of nitrogens with one attached hydrogen (secondary N) is 3. The highest BCUT2D eigenvalue weighted by atomic mass is 32.2. The summed E-state index contributed by atoms with van der Waals surface area (Å²) in [5.41, 5.74) is 1.99. The minimum Gasteiger partial charge on any atom is -0.505 e. The van der Waals surface area contributed by atoms with Crippen molar-refractivity contribution in [2.45, 2.75) is 76.8 Å². The van der Waals surface area contributed by atoms with Gasteiger partial charge in [0.1, 0.15) is 40.2 Å². The van der Waals surface area contributed by atoms with Gasteiger partial charge in [0.05, 0.1) is 41.1 Å². The number of carbonyl (C=O) groups is 1. The van der Waals surface area contributed by atoms with E-state index in [-0.39, 0.29) is 81.2 Å². The van der Waals surface area contributed by atoms with Crippen molar-refractivity contribution >= 4 is 76.5 Å². The van der Waals surface area contributed by atoms with Crippen LogP contribution in [-0.2, 0) is 57.3 Å². The molecule has 6 aromatic carbocycles. The highest BCUT2D eigenvalue weighted by Gasteiger charge is 2.35. The van der Waals surface area contributed by atoms with Gasteiger partial charge in [-0.1, -0.05) is 36.8 Å². The Bertz CT molecular complexity index is 3610. The highest BCUT2D eigenvalue weighted by molar-refractivity contribution is 7.92. The zero-order valence-corrected chi connectivity index (χ0v) is 44.9. The number of methoxy groups -OCH3 is 1. The predicted octanol–water partition coefficient (Wildman–Crippen LogP) is 8.83. The average molecular weight is 1090 g/mol. The molecule has 75 heavy (non-hydrogen) atoms. The number of benzene rings is 6. The number of anilines is 3. The number of hydrogen-bond donors (Lipinski definition) is 4. The Kier molecular flexibility index (Phi) is 16.8. The summed E-state index contributed by atoms with van der Waals surface area (Å²) in [6.45, 7) is 13.1. The number of aromatic nitrogens is 2. The maximum Gasteiger partial charge on any atom is 0.544 e. The van der Waals surface area contributed by atoms with E-state index in [1.807, 2.05) is 52.8 Å². The van der Waals surface area contributed by atoms with Crippen LogP contribution >= 0.6 is 0 Å². The number of azo groups is 1. The second-order valence-corrected chi connectivity index (χ2v) is 22.1. The molecule has 7 aromatic rings. The van der Waals surface area contributed by atoms with Gasteiger partial charge in [0.25, 0.3) is 20.1 Å². The molecule has 0 saturated carbocycles. The van der Waals surface area contributed by atoms with Gasteiger partial charge < -0.3 is 28.8 Å². The maximum absolute atomic E-state index is 14.0. The molecule has 0 radical (unpaired) electrons. The van der Waals surface area contributed by atoms with Crippen LogP contribution in [0.1, 0.15) is 56.7 Å². The molecular weight excluding hydrogens is 1030 g/mol. The molecular formula is C51H56N7O14S3+. The fourth-order valence-corrected chi connectivity index (χ4v) is 10.1. The summed E-state index contributed by atoms with van der Waals surface area (Å²) in [4.78, 5) is 25.6. The normalized spacial score (nSPS) is 12.4. The van der Waals surface area contributed by atoms with Crippen LogP contribution in [0.4, 0.5) is 28.4 Å². The van der Waals surface area contributed by atoms with Crippen LogP contribution in [0.2, 0.25) is 0 Å². The summed E-state index contributed by atoms with van der Waals surface area (Å²) in [5, 5.41) is 22.7. The van der Waals surface area contributed by atoms with Crippen molar-refractivity contribution in [2.75, 3.05) is 42.2 Å². The summed E-state index contributed by atoms with van der Waals surface area (Å²) in [6.07, 6.45) is 0.0524. The fraction of sp³-hybridized carbons (Fsp3) is 0.275. The summed E-state index contributed by atoms with van der Waals surface area (Å²) in [7, 11) is -6.28. The third-order valence-electron chi connectivity index (χ3n) is 11.3. The predicted molar refractivity (Wildman–Crippen MR) is 281 cm³/mol. The first-order chi connectivity index (χ1) is 35.5. The van der Waals surface area contributed by atoms with Gasteiger partial charge in [0.2, 0.25) is 12.6 Å². The van der Waals surface area contributed by atoms with Gasteiger partial charge in [-0.3, -0.25) is 22.9 Å². The van der Waals surface area contributed by atoms with Crippen LogP contribution in [0.5, 0.6) is 23.0 Å². The van der Waals surface area contributed by atoms with E-state index in [4.69, 9.17) is 27.1 Å². The van der Waals surface area contributed by atoms with Gasteiger partial charge in [-0.2, -0.15) is 17.4 Å². The van der Waals surface area contributed by atoms with Crippen LogP contribution in [0.3, 0.4) is 0 Å². The molecule has 396 valence electrons. The van der Waals surface area contributed by atoms with Gasteiger partial charge >= 0.3 is 22.8 Å². The van der Waals surface area contributed by atoms with Crippen molar-refractivity contribution < 1.29 is 62.6 Å². The smallest absolute Gasteiger partial charge is 0.505 e. The minimum absolute atomic E-state index is 0.0300. The van der Waals surface area contributed by atoms with Gasteiger partial charge in [-0.15, -0.1) is 14.8 Å². The maximum atomic E-state index is 14.0. The lowest BCUT2D eigenvalue weighted by Gasteiger charge is -2.16. The van der Waals surface area contributed by atoms with Crippen molar-refractivity contribution in [3.8, 4) is 28.7 Å².